The number of thiophene rings is 2. The van der Waals surface area contributed by atoms with Crippen molar-refractivity contribution in [3.63, 3.8) is 0 Å². The summed E-state index contributed by atoms with van der Waals surface area (Å²) < 4.78 is 1.89. The first-order valence-electron chi connectivity index (χ1n) is 10.8. The molecule has 0 spiro atoms. The number of likely N-dealkylation sites (tertiary alicyclic amines) is 1. The molecule has 30 heavy (non-hydrogen) atoms. The van der Waals surface area contributed by atoms with Crippen molar-refractivity contribution in [1.82, 2.24) is 20.0 Å². The smallest absolute Gasteiger partial charge is 0.272 e. The van der Waals surface area contributed by atoms with Crippen molar-refractivity contribution in [2.24, 2.45) is 13.0 Å². The van der Waals surface area contributed by atoms with Crippen molar-refractivity contribution < 1.29 is 4.79 Å². The molecule has 1 N–H and O–H groups in total. The largest absolute Gasteiger partial charge is 0.350 e. The van der Waals surface area contributed by atoms with Crippen LogP contribution in [0.1, 0.15) is 38.6 Å². The minimum Gasteiger partial charge on any atom is -0.350 e. The predicted octanol–water partition coefficient (Wildman–Crippen LogP) is 3.99. The van der Waals surface area contributed by atoms with Gasteiger partial charge in [-0.25, -0.2) is 0 Å². The highest BCUT2D eigenvalue weighted by molar-refractivity contribution is 7.10. The summed E-state index contributed by atoms with van der Waals surface area (Å²) >= 11 is 3.65. The van der Waals surface area contributed by atoms with Crippen LogP contribution >= 0.6 is 22.7 Å². The Morgan fingerprint density at radius 3 is 2.87 bits per heavy atom. The van der Waals surface area contributed by atoms with Gasteiger partial charge >= 0.3 is 0 Å². The number of amides is 1. The van der Waals surface area contributed by atoms with Gasteiger partial charge in [-0.1, -0.05) is 6.07 Å². The number of nitrogens with zero attached hydrogens (tertiary/aromatic N) is 3. The maximum Gasteiger partial charge on any atom is 0.272 e. The van der Waals surface area contributed by atoms with Crippen LogP contribution in [0.15, 0.2) is 29.0 Å². The monoisotopic (exact) mass is 440 g/mol. The molecule has 3 aromatic rings. The fraction of sp³-hybridized carbons (Fsp3) is 0.478. The number of aryl methyl sites for hydroxylation is 2. The fourth-order valence-electron chi connectivity index (χ4n) is 4.77. The number of hydrogen-bond acceptors (Lipinski definition) is 5. The number of rotatable bonds is 6. The second-order valence-electron chi connectivity index (χ2n) is 8.38. The van der Waals surface area contributed by atoms with E-state index in [1.165, 1.54) is 15.3 Å². The molecule has 5 nitrogen and oxygen atoms in total. The number of nitrogens with one attached hydrogen (secondary N) is 1. The third-order valence-corrected chi connectivity index (χ3v) is 8.39. The second-order valence-corrected chi connectivity index (χ2v) is 10.4. The molecule has 5 rings (SSSR count). The molecule has 0 unspecified atom stereocenters. The van der Waals surface area contributed by atoms with Crippen LogP contribution in [0.4, 0.5) is 0 Å². The van der Waals surface area contributed by atoms with Gasteiger partial charge in [-0.3, -0.25) is 9.48 Å². The quantitative estimate of drug-likeness (QED) is 0.630. The number of carbonyl (C=O) groups is 1. The molecular formula is C23H28N4OS2. The first-order chi connectivity index (χ1) is 14.7. The van der Waals surface area contributed by atoms with Crippen molar-refractivity contribution in [2.45, 2.75) is 32.1 Å². The second kappa shape index (κ2) is 8.65. The molecule has 1 aliphatic heterocycles. The summed E-state index contributed by atoms with van der Waals surface area (Å²) in [6.07, 6.45) is 5.38. The molecule has 0 atom stereocenters. The lowest BCUT2D eigenvalue weighted by Gasteiger charge is -2.31. The van der Waals surface area contributed by atoms with E-state index in [1.807, 2.05) is 23.1 Å². The van der Waals surface area contributed by atoms with E-state index in [0.29, 0.717) is 11.6 Å². The molecular weight excluding hydrogens is 412 g/mol. The Morgan fingerprint density at radius 2 is 2.07 bits per heavy atom. The van der Waals surface area contributed by atoms with Crippen LogP contribution in [0.3, 0.4) is 0 Å². The van der Waals surface area contributed by atoms with E-state index in [-0.39, 0.29) is 5.91 Å². The Hall–Kier alpha value is -1.96. The minimum absolute atomic E-state index is 0.00865. The molecule has 1 fully saturated rings. The molecule has 0 saturated carbocycles. The van der Waals surface area contributed by atoms with Gasteiger partial charge < -0.3 is 10.2 Å². The summed E-state index contributed by atoms with van der Waals surface area (Å²) in [5.41, 5.74) is 4.12. The predicted molar refractivity (Wildman–Crippen MR) is 123 cm³/mol. The molecule has 0 aromatic carbocycles. The third kappa shape index (κ3) is 3.98. The summed E-state index contributed by atoms with van der Waals surface area (Å²) in [4.78, 5) is 18.4. The number of fused-ring (bicyclic) bond motifs is 3. The minimum atomic E-state index is -0.00865. The molecule has 2 aliphatic rings. The van der Waals surface area contributed by atoms with Crippen molar-refractivity contribution in [3.05, 3.63) is 50.0 Å². The van der Waals surface area contributed by atoms with Gasteiger partial charge in [-0.2, -0.15) is 5.10 Å². The van der Waals surface area contributed by atoms with Gasteiger partial charge in [-0.15, -0.1) is 22.7 Å². The van der Waals surface area contributed by atoms with Crippen LogP contribution < -0.4 is 5.32 Å². The Balaban J connectivity index is 1.14. The molecule has 0 radical (unpaired) electrons. The molecule has 0 bridgehead atoms. The van der Waals surface area contributed by atoms with Crippen LogP contribution in [-0.2, 0) is 26.3 Å². The van der Waals surface area contributed by atoms with Crippen LogP contribution in [0.5, 0.6) is 0 Å². The van der Waals surface area contributed by atoms with Crippen molar-refractivity contribution in [1.29, 1.82) is 0 Å². The number of hydrogen-bond donors (Lipinski definition) is 1. The first-order valence-corrected chi connectivity index (χ1v) is 12.6. The van der Waals surface area contributed by atoms with Gasteiger partial charge in [0.2, 0.25) is 0 Å². The Bertz CT molecular complexity index is 1010. The van der Waals surface area contributed by atoms with Crippen LogP contribution in [-0.4, -0.2) is 46.8 Å². The van der Waals surface area contributed by atoms with Crippen LogP contribution in [0, 0.1) is 5.92 Å². The van der Waals surface area contributed by atoms with Crippen LogP contribution in [0.2, 0.25) is 0 Å². The molecule has 1 aliphatic carbocycles. The highest BCUT2D eigenvalue weighted by Gasteiger charge is 2.28. The lowest BCUT2D eigenvalue weighted by molar-refractivity contribution is 0.0929. The summed E-state index contributed by atoms with van der Waals surface area (Å²) in [6, 6.07) is 6.52. The average molecular weight is 441 g/mol. The van der Waals surface area contributed by atoms with E-state index >= 15 is 0 Å². The number of aromatic nitrogens is 2. The van der Waals surface area contributed by atoms with Crippen LogP contribution in [0.25, 0.3) is 11.3 Å². The van der Waals surface area contributed by atoms with E-state index in [4.69, 9.17) is 0 Å². The average Bonchev–Trinajstić information content (AvgIpc) is 3.51. The SMILES string of the molecule is Cn1nc(C(=O)NCC2CCN(CCc3cccs3)CC2)c2c1-c1ccsc1CC2. The lowest BCUT2D eigenvalue weighted by Crippen LogP contribution is -2.39. The molecule has 4 heterocycles. The van der Waals surface area contributed by atoms with Crippen molar-refractivity contribution in [2.75, 3.05) is 26.2 Å². The van der Waals surface area contributed by atoms with Gasteiger partial charge in [0.1, 0.15) is 0 Å². The van der Waals surface area contributed by atoms with E-state index < -0.39 is 0 Å². The van der Waals surface area contributed by atoms with Gasteiger partial charge in [-0.05, 0) is 74.0 Å². The van der Waals surface area contributed by atoms with Crippen molar-refractivity contribution >= 4 is 28.6 Å². The molecule has 1 saturated heterocycles. The zero-order valence-electron chi connectivity index (χ0n) is 17.4. The summed E-state index contributed by atoms with van der Waals surface area (Å²) in [7, 11) is 1.95. The fourth-order valence-corrected chi connectivity index (χ4v) is 6.34. The Labute approximate surface area is 185 Å². The molecule has 3 aromatic heterocycles. The Morgan fingerprint density at radius 1 is 1.20 bits per heavy atom. The summed E-state index contributed by atoms with van der Waals surface area (Å²) in [5.74, 6) is 0.556. The molecule has 7 heteroatoms. The Kier molecular flexibility index (Phi) is 5.76. The highest BCUT2D eigenvalue weighted by atomic mass is 32.1. The third-order valence-electron chi connectivity index (χ3n) is 6.48. The summed E-state index contributed by atoms with van der Waals surface area (Å²) in [6.45, 7) is 4.16. The van der Waals surface area contributed by atoms with E-state index in [9.17, 15) is 4.79 Å². The molecule has 158 valence electrons. The maximum absolute atomic E-state index is 12.9. The topological polar surface area (TPSA) is 50.2 Å². The van der Waals surface area contributed by atoms with Gasteiger partial charge in [0.15, 0.2) is 5.69 Å². The van der Waals surface area contributed by atoms with Crippen molar-refractivity contribution in [3.8, 4) is 11.3 Å². The lowest BCUT2D eigenvalue weighted by atomic mass is 9.94. The van der Waals surface area contributed by atoms with E-state index in [1.54, 1.807) is 11.3 Å². The standard InChI is InChI=1S/C23H28N4OS2/c1-26-22-18-9-14-30-20(18)5-4-19(22)21(25-26)23(28)24-15-16-6-10-27(11-7-16)12-8-17-3-2-13-29-17/h2-3,9,13-14,16H,4-8,10-12,15H2,1H3,(H,24,28). The normalized spacial score (nSPS) is 17.0. The zero-order valence-corrected chi connectivity index (χ0v) is 19.0. The van der Waals surface area contributed by atoms with E-state index in [2.05, 4.69) is 44.3 Å². The first kappa shape index (κ1) is 20.0. The van der Waals surface area contributed by atoms with E-state index in [0.717, 1.165) is 69.5 Å². The van der Waals surface area contributed by atoms with Gasteiger partial charge in [0.05, 0.1) is 5.69 Å². The maximum atomic E-state index is 12.9. The number of carbonyl (C=O) groups excluding carboxylic acids is 1. The number of piperidine rings is 1. The summed E-state index contributed by atoms with van der Waals surface area (Å²) in [5, 5.41) is 12.1. The molecule has 1 amide bonds. The highest BCUT2D eigenvalue weighted by Crippen LogP contribution is 2.37. The van der Waals surface area contributed by atoms with Gasteiger partial charge in [0, 0.05) is 41.0 Å². The van der Waals surface area contributed by atoms with Gasteiger partial charge in [0.25, 0.3) is 5.91 Å². The zero-order chi connectivity index (χ0) is 20.5.